The first kappa shape index (κ1) is 46.8. The number of para-hydroxylation sites is 4. The molecule has 2 heterocycles. The summed E-state index contributed by atoms with van der Waals surface area (Å²) in [7, 11) is 3.75. The smallest absolute Gasteiger partial charge is 0.150 e. The third-order valence-corrected chi connectivity index (χ3v) is 16.8. The number of hydrogen-bond acceptors (Lipinski definition) is 0. The number of aromatic nitrogens is 4. The molecular formula is C54H72N4P3. The lowest BCUT2D eigenvalue weighted by atomic mass is 9.92. The summed E-state index contributed by atoms with van der Waals surface area (Å²) in [5, 5.41) is 2.58. The van der Waals surface area contributed by atoms with Crippen LogP contribution in [0.25, 0.3) is 22.7 Å². The summed E-state index contributed by atoms with van der Waals surface area (Å²) < 4.78 is 10.2. The molecule has 0 aliphatic rings. The van der Waals surface area contributed by atoms with Crippen molar-refractivity contribution < 1.29 is 0 Å². The van der Waals surface area contributed by atoms with Gasteiger partial charge in [-0.05, 0) is 108 Å². The highest BCUT2D eigenvalue weighted by molar-refractivity contribution is 8.39. The molecule has 0 amide bonds. The van der Waals surface area contributed by atoms with Crippen molar-refractivity contribution in [3.8, 4) is 22.7 Å². The number of benzene rings is 4. The van der Waals surface area contributed by atoms with E-state index in [1.165, 1.54) is 101 Å². The molecule has 0 aliphatic carbocycles. The molecule has 7 heteroatoms. The van der Waals surface area contributed by atoms with Crippen LogP contribution in [-0.2, 0) is 0 Å². The van der Waals surface area contributed by atoms with E-state index < -0.39 is 0 Å². The van der Waals surface area contributed by atoms with Gasteiger partial charge in [-0.15, -0.1) is 0 Å². The molecule has 2 aromatic heterocycles. The maximum absolute atomic E-state index is 2.55. The van der Waals surface area contributed by atoms with Gasteiger partial charge in [0.2, 0.25) is 0 Å². The first-order chi connectivity index (χ1) is 29.0. The van der Waals surface area contributed by atoms with Crippen molar-refractivity contribution in [3.05, 3.63) is 152 Å². The van der Waals surface area contributed by atoms with Gasteiger partial charge >= 0.3 is 0 Å². The van der Waals surface area contributed by atoms with E-state index in [9.17, 15) is 0 Å². The van der Waals surface area contributed by atoms with Gasteiger partial charge in [0.25, 0.3) is 0 Å². The number of imidazole rings is 2. The van der Waals surface area contributed by atoms with Crippen LogP contribution in [0.2, 0.25) is 0 Å². The predicted molar refractivity (Wildman–Crippen MR) is 270 cm³/mol. The standard InChI is InChI=1S/C54H72N4P3/c1-33(2)41-21-17-22-42(34(3)4)49(41)55-29-30-56(50-43(35(5)6)23-18-24-44(50)36(7)8)53(55)59-61-60-54-57(51-45(37(9)10)25-19-26-46(51)38(11)12)31-32-58(54)52-47(39(13)14)27-20-28-48(52)40(15)16/h17-40H,1-16H3. The third kappa shape index (κ3) is 9.50. The van der Waals surface area contributed by atoms with Gasteiger partial charge in [-0.2, -0.15) is 0 Å². The van der Waals surface area contributed by atoms with Crippen LogP contribution >= 0.6 is 23.7 Å². The Bertz CT molecular complexity index is 2150. The zero-order chi connectivity index (χ0) is 44.4. The largest absolute Gasteiger partial charge is 0.297 e. The second-order valence-electron chi connectivity index (χ2n) is 19.3. The van der Waals surface area contributed by atoms with Crippen LogP contribution in [-0.4, -0.2) is 18.3 Å². The van der Waals surface area contributed by atoms with E-state index in [1.54, 1.807) is 0 Å². The van der Waals surface area contributed by atoms with Gasteiger partial charge in [0.15, 0.2) is 10.4 Å². The van der Waals surface area contributed by atoms with E-state index in [0.717, 1.165) is 0 Å². The average molecular weight is 870 g/mol. The lowest BCUT2D eigenvalue weighted by Gasteiger charge is -2.23. The minimum absolute atomic E-state index is 0.383. The van der Waals surface area contributed by atoms with Gasteiger partial charge in [0.05, 0.1) is 22.7 Å². The number of rotatable bonds is 14. The van der Waals surface area contributed by atoms with Gasteiger partial charge < -0.3 is 0 Å². The number of nitrogens with zero attached hydrogens (tertiary/aromatic N) is 4. The quantitative estimate of drug-likeness (QED) is 0.0972. The van der Waals surface area contributed by atoms with Crippen LogP contribution in [0, 0.1) is 10.4 Å². The SMILES string of the molecule is CC(C)c1cccc(C(C)C)c1-n1ccn(-c2c(C(C)C)cccc2C(C)C)c1=P[P]P=c1n(-c2c(C(C)C)cccc2C(C)C)ccn1-c1c(C(C)C)cccc1C(C)C. The fourth-order valence-corrected chi connectivity index (χ4v) is 13.8. The summed E-state index contributed by atoms with van der Waals surface area (Å²) >= 11 is 0. The Balaban J connectivity index is 1.77. The summed E-state index contributed by atoms with van der Waals surface area (Å²) in [4.78, 5) is 0. The summed E-state index contributed by atoms with van der Waals surface area (Å²) in [6, 6.07) is 27.8. The molecule has 4 aromatic carbocycles. The molecule has 0 atom stereocenters. The molecule has 61 heavy (non-hydrogen) atoms. The van der Waals surface area contributed by atoms with Crippen LogP contribution < -0.4 is 0 Å². The molecule has 0 unspecified atom stereocenters. The Hall–Kier alpha value is -3.67. The van der Waals surface area contributed by atoms with Gasteiger partial charge in [-0.25, -0.2) is 0 Å². The van der Waals surface area contributed by atoms with E-state index in [4.69, 9.17) is 0 Å². The zero-order valence-electron chi connectivity index (χ0n) is 40.0. The van der Waals surface area contributed by atoms with Crippen LogP contribution in [0.15, 0.2) is 97.6 Å². The maximum atomic E-state index is 2.55. The summed E-state index contributed by atoms with van der Waals surface area (Å²) in [5.41, 5.74) is 16.5. The van der Waals surface area contributed by atoms with Crippen molar-refractivity contribution >= 4 is 23.7 Å². The first-order valence-corrected chi connectivity index (χ1v) is 27.0. The van der Waals surface area contributed by atoms with E-state index in [1.807, 2.05) is 0 Å². The molecular weight excluding hydrogens is 798 g/mol. The van der Waals surface area contributed by atoms with Crippen molar-refractivity contribution in [2.24, 2.45) is 0 Å². The van der Waals surface area contributed by atoms with Crippen LogP contribution in [0.5, 0.6) is 0 Å². The lowest BCUT2D eigenvalue weighted by Crippen LogP contribution is -2.10. The van der Waals surface area contributed by atoms with Crippen molar-refractivity contribution in [2.45, 2.75) is 158 Å². The highest BCUT2D eigenvalue weighted by Gasteiger charge is 2.23. The molecule has 0 bridgehead atoms. The predicted octanol–water partition coefficient (Wildman–Crippen LogP) is 18.3. The van der Waals surface area contributed by atoms with Gasteiger partial charge in [-0.1, -0.05) is 184 Å². The summed E-state index contributed by atoms with van der Waals surface area (Å²) in [6.07, 6.45) is 9.42. The molecule has 0 saturated carbocycles. The molecule has 6 aromatic rings. The van der Waals surface area contributed by atoms with E-state index in [-0.39, 0.29) is 0 Å². The third-order valence-electron chi connectivity index (χ3n) is 12.2. The Morgan fingerprint density at radius 3 is 0.590 bits per heavy atom. The van der Waals surface area contributed by atoms with Gasteiger partial charge in [-0.3, -0.25) is 18.3 Å². The fraction of sp³-hybridized carbons (Fsp3) is 0.444. The molecule has 1 radical (unpaired) electrons. The minimum Gasteiger partial charge on any atom is -0.297 e. The van der Waals surface area contributed by atoms with E-state index in [2.05, 4.69) is 227 Å². The summed E-state index contributed by atoms with van der Waals surface area (Å²) in [5.74, 6) is 3.06. The normalized spacial score (nSPS) is 12.7. The highest BCUT2D eigenvalue weighted by atomic mass is 32.4. The monoisotopic (exact) mass is 869 g/mol. The van der Waals surface area contributed by atoms with Crippen molar-refractivity contribution in [2.75, 3.05) is 0 Å². The molecule has 323 valence electrons. The molecule has 4 nitrogen and oxygen atoms in total. The topological polar surface area (TPSA) is 19.7 Å². The molecule has 0 aliphatic heterocycles. The van der Waals surface area contributed by atoms with Gasteiger partial charge in [0, 0.05) is 32.7 Å². The Kier molecular flexibility index (Phi) is 15.2. The van der Waals surface area contributed by atoms with E-state index >= 15 is 0 Å². The molecule has 6 rings (SSSR count). The Labute approximate surface area is 373 Å². The minimum atomic E-state index is 0.383. The van der Waals surface area contributed by atoms with Crippen molar-refractivity contribution in [1.82, 2.24) is 18.3 Å². The molecule has 0 N–H and O–H groups in total. The Morgan fingerprint density at radius 1 is 0.279 bits per heavy atom. The van der Waals surface area contributed by atoms with E-state index in [0.29, 0.717) is 47.3 Å². The van der Waals surface area contributed by atoms with Gasteiger partial charge in [0.1, 0.15) is 0 Å². The van der Waals surface area contributed by atoms with Crippen LogP contribution in [0.4, 0.5) is 0 Å². The maximum Gasteiger partial charge on any atom is 0.150 e. The fourth-order valence-electron chi connectivity index (χ4n) is 8.92. The second kappa shape index (κ2) is 19.8. The first-order valence-electron chi connectivity index (χ1n) is 22.9. The molecule has 0 saturated heterocycles. The summed E-state index contributed by atoms with van der Waals surface area (Å²) in [6.45, 7) is 37.5. The zero-order valence-corrected chi connectivity index (χ0v) is 42.7. The van der Waals surface area contributed by atoms with Crippen LogP contribution in [0.3, 0.4) is 0 Å². The molecule has 0 spiro atoms. The van der Waals surface area contributed by atoms with Crippen molar-refractivity contribution in [1.29, 1.82) is 0 Å². The molecule has 0 fully saturated rings. The Morgan fingerprint density at radius 2 is 0.443 bits per heavy atom. The highest BCUT2D eigenvalue weighted by Crippen LogP contribution is 2.48. The number of hydrogen-bond donors (Lipinski definition) is 0. The lowest BCUT2D eigenvalue weighted by molar-refractivity contribution is 0.784. The second-order valence-corrected chi connectivity index (χ2v) is 24.1. The van der Waals surface area contributed by atoms with Crippen molar-refractivity contribution in [3.63, 3.8) is 0 Å². The van der Waals surface area contributed by atoms with Crippen LogP contribution in [0.1, 0.15) is 203 Å². The average Bonchev–Trinajstić information content (AvgIpc) is 3.83.